The van der Waals surface area contributed by atoms with Gasteiger partial charge in [-0.3, -0.25) is 4.98 Å². The summed E-state index contributed by atoms with van der Waals surface area (Å²) < 4.78 is 0. The fourth-order valence-electron chi connectivity index (χ4n) is 2.50. The predicted molar refractivity (Wildman–Crippen MR) is 81.2 cm³/mol. The first-order valence-corrected chi connectivity index (χ1v) is 7.02. The van der Waals surface area contributed by atoms with Crippen LogP contribution < -0.4 is 4.90 Å². The summed E-state index contributed by atoms with van der Waals surface area (Å²) in [5.41, 5.74) is 3.17. The van der Waals surface area contributed by atoms with Gasteiger partial charge in [-0.15, -0.1) is 0 Å². The van der Waals surface area contributed by atoms with Crippen LogP contribution in [0.3, 0.4) is 0 Å². The summed E-state index contributed by atoms with van der Waals surface area (Å²) in [6, 6.07) is 8.46. The zero-order valence-corrected chi connectivity index (χ0v) is 12.1. The molecule has 0 unspecified atom stereocenters. The molecule has 2 aromatic rings. The van der Waals surface area contributed by atoms with E-state index < -0.39 is 0 Å². The Morgan fingerprint density at radius 1 is 1.11 bits per heavy atom. The van der Waals surface area contributed by atoms with Crippen molar-refractivity contribution in [2.24, 2.45) is 0 Å². The molecule has 1 aromatic carbocycles. The Morgan fingerprint density at radius 3 is 2.58 bits per heavy atom. The number of anilines is 1. The van der Waals surface area contributed by atoms with Gasteiger partial charge in [0.25, 0.3) is 0 Å². The van der Waals surface area contributed by atoms with E-state index in [2.05, 4.69) is 40.0 Å². The second-order valence-corrected chi connectivity index (χ2v) is 5.63. The number of likely N-dealkylation sites (N-methyl/N-ethyl adjacent to an activating group) is 1. The monoisotopic (exact) mass is 275 g/mol. The highest BCUT2D eigenvalue weighted by molar-refractivity contribution is 6.31. The van der Waals surface area contributed by atoms with Gasteiger partial charge in [0.2, 0.25) is 0 Å². The Hall–Kier alpha value is -1.32. The van der Waals surface area contributed by atoms with Crippen molar-refractivity contribution in [3.8, 4) is 0 Å². The molecule has 1 aliphatic heterocycles. The van der Waals surface area contributed by atoms with Crippen molar-refractivity contribution in [2.45, 2.75) is 6.92 Å². The second-order valence-electron chi connectivity index (χ2n) is 5.22. The van der Waals surface area contributed by atoms with E-state index in [9.17, 15) is 0 Å². The van der Waals surface area contributed by atoms with Crippen LogP contribution in [-0.4, -0.2) is 43.1 Å². The third kappa shape index (κ3) is 2.53. The summed E-state index contributed by atoms with van der Waals surface area (Å²) >= 11 is 6.16. The summed E-state index contributed by atoms with van der Waals surface area (Å²) in [7, 11) is 2.17. The molecule has 1 aliphatic rings. The molecule has 0 saturated carbocycles. The number of fused-ring (bicyclic) bond motifs is 1. The van der Waals surface area contributed by atoms with E-state index in [-0.39, 0.29) is 0 Å². The molecule has 0 amide bonds. The second kappa shape index (κ2) is 4.99. The van der Waals surface area contributed by atoms with Crippen LogP contribution in [0.25, 0.3) is 10.9 Å². The Morgan fingerprint density at radius 2 is 1.84 bits per heavy atom. The molecular weight excluding hydrogens is 258 g/mol. The van der Waals surface area contributed by atoms with Gasteiger partial charge in [-0.05, 0) is 38.2 Å². The number of hydrogen-bond donors (Lipinski definition) is 0. The lowest BCUT2D eigenvalue weighted by molar-refractivity contribution is 0.313. The van der Waals surface area contributed by atoms with E-state index in [4.69, 9.17) is 11.6 Å². The number of benzene rings is 1. The molecule has 0 bridgehead atoms. The van der Waals surface area contributed by atoms with Crippen molar-refractivity contribution in [1.29, 1.82) is 0 Å². The van der Waals surface area contributed by atoms with Gasteiger partial charge in [-0.2, -0.15) is 0 Å². The maximum absolute atomic E-state index is 6.16. The maximum atomic E-state index is 6.16. The number of hydrogen-bond acceptors (Lipinski definition) is 3. The summed E-state index contributed by atoms with van der Waals surface area (Å²) in [4.78, 5) is 9.30. The largest absolute Gasteiger partial charge is 0.369 e. The normalized spacial score (nSPS) is 17.1. The zero-order chi connectivity index (χ0) is 13.4. The van der Waals surface area contributed by atoms with E-state index in [0.29, 0.717) is 0 Å². The molecule has 0 atom stereocenters. The highest BCUT2D eigenvalue weighted by Crippen LogP contribution is 2.25. The summed E-state index contributed by atoms with van der Waals surface area (Å²) in [5, 5.41) is 1.86. The molecule has 4 heteroatoms. The molecule has 0 aliphatic carbocycles. The first kappa shape index (κ1) is 12.7. The number of halogens is 1. The van der Waals surface area contributed by atoms with E-state index in [1.54, 1.807) is 0 Å². The quantitative estimate of drug-likeness (QED) is 0.798. The lowest BCUT2D eigenvalue weighted by atomic mass is 10.1. The Labute approximate surface area is 118 Å². The van der Waals surface area contributed by atoms with Crippen LogP contribution in [0.2, 0.25) is 5.02 Å². The molecule has 19 heavy (non-hydrogen) atoms. The molecule has 2 heterocycles. The molecular formula is C15H18ClN3. The molecule has 3 rings (SSSR count). The highest BCUT2D eigenvalue weighted by atomic mass is 35.5. The van der Waals surface area contributed by atoms with Crippen molar-refractivity contribution in [1.82, 2.24) is 9.88 Å². The summed E-state index contributed by atoms with van der Waals surface area (Å²) in [5.74, 6) is 0. The minimum Gasteiger partial charge on any atom is -0.369 e. The van der Waals surface area contributed by atoms with Gasteiger partial charge < -0.3 is 9.80 Å². The van der Waals surface area contributed by atoms with Gasteiger partial charge in [0.15, 0.2) is 0 Å². The predicted octanol–water partition coefficient (Wildman–Crippen LogP) is 2.95. The van der Waals surface area contributed by atoms with Crippen LogP contribution in [0, 0.1) is 6.92 Å². The first-order valence-electron chi connectivity index (χ1n) is 6.64. The SMILES string of the molecule is Cc1nc2ccc(N3CCN(C)CC3)cc2cc1Cl. The van der Waals surface area contributed by atoms with Gasteiger partial charge in [-0.25, -0.2) is 0 Å². The fraction of sp³-hybridized carbons (Fsp3) is 0.400. The smallest absolute Gasteiger partial charge is 0.0707 e. The van der Waals surface area contributed by atoms with E-state index in [0.717, 1.165) is 47.8 Å². The van der Waals surface area contributed by atoms with Crippen molar-refractivity contribution in [2.75, 3.05) is 38.1 Å². The molecule has 1 fully saturated rings. The van der Waals surface area contributed by atoms with Gasteiger partial charge in [0.05, 0.1) is 16.2 Å². The van der Waals surface area contributed by atoms with Crippen molar-refractivity contribution >= 4 is 28.2 Å². The minimum atomic E-state index is 0.739. The number of pyridine rings is 1. The van der Waals surface area contributed by atoms with Gasteiger partial charge >= 0.3 is 0 Å². The molecule has 3 nitrogen and oxygen atoms in total. The van der Waals surface area contributed by atoms with Crippen LogP contribution >= 0.6 is 11.6 Å². The van der Waals surface area contributed by atoms with Crippen LogP contribution in [0.4, 0.5) is 5.69 Å². The third-order valence-corrected chi connectivity index (χ3v) is 4.18. The Bertz CT molecular complexity index is 604. The lowest BCUT2D eigenvalue weighted by Crippen LogP contribution is -2.44. The molecule has 100 valence electrons. The average Bonchev–Trinajstić information content (AvgIpc) is 2.40. The third-order valence-electron chi connectivity index (χ3n) is 3.80. The Kier molecular flexibility index (Phi) is 3.33. The van der Waals surface area contributed by atoms with Gasteiger partial charge in [0.1, 0.15) is 0 Å². The topological polar surface area (TPSA) is 19.4 Å². The molecule has 0 spiro atoms. The summed E-state index contributed by atoms with van der Waals surface area (Å²) in [6.45, 7) is 6.33. The zero-order valence-electron chi connectivity index (χ0n) is 11.4. The van der Waals surface area contributed by atoms with Gasteiger partial charge in [-0.1, -0.05) is 11.6 Å². The van der Waals surface area contributed by atoms with Crippen LogP contribution in [0.5, 0.6) is 0 Å². The van der Waals surface area contributed by atoms with E-state index in [1.807, 2.05) is 13.0 Å². The molecule has 1 saturated heterocycles. The van der Waals surface area contributed by atoms with Crippen LogP contribution in [0.15, 0.2) is 24.3 Å². The van der Waals surface area contributed by atoms with Crippen molar-refractivity contribution < 1.29 is 0 Å². The van der Waals surface area contributed by atoms with Crippen molar-refractivity contribution in [3.05, 3.63) is 35.0 Å². The fourth-order valence-corrected chi connectivity index (χ4v) is 2.66. The van der Waals surface area contributed by atoms with Crippen molar-refractivity contribution in [3.63, 3.8) is 0 Å². The minimum absolute atomic E-state index is 0.739. The number of aromatic nitrogens is 1. The number of piperazine rings is 1. The standard InChI is InChI=1S/C15H18ClN3/c1-11-14(16)10-12-9-13(3-4-15(12)17-11)19-7-5-18(2)6-8-19/h3-4,9-10H,5-8H2,1-2H3. The van der Waals surface area contributed by atoms with Crippen LogP contribution in [-0.2, 0) is 0 Å². The molecule has 0 N–H and O–H groups in total. The van der Waals surface area contributed by atoms with Gasteiger partial charge in [0, 0.05) is 37.3 Å². The first-order chi connectivity index (χ1) is 9.13. The molecule has 0 radical (unpaired) electrons. The number of aryl methyl sites for hydroxylation is 1. The maximum Gasteiger partial charge on any atom is 0.0707 e. The Balaban J connectivity index is 1.95. The highest BCUT2D eigenvalue weighted by Gasteiger charge is 2.14. The lowest BCUT2D eigenvalue weighted by Gasteiger charge is -2.34. The van der Waals surface area contributed by atoms with Crippen LogP contribution in [0.1, 0.15) is 5.69 Å². The van der Waals surface area contributed by atoms with E-state index in [1.165, 1.54) is 5.69 Å². The number of nitrogens with zero attached hydrogens (tertiary/aromatic N) is 3. The average molecular weight is 276 g/mol. The number of rotatable bonds is 1. The summed E-state index contributed by atoms with van der Waals surface area (Å²) in [6.07, 6.45) is 0. The molecule has 1 aromatic heterocycles. The van der Waals surface area contributed by atoms with E-state index >= 15 is 0 Å².